The monoisotopic (exact) mass is 434 g/mol. The molecule has 0 radical (unpaired) electrons. The van der Waals surface area contributed by atoms with Crippen LogP contribution in [-0.2, 0) is 4.79 Å². The molecule has 3 N–H and O–H groups in total. The molecule has 3 rings (SSSR count). The van der Waals surface area contributed by atoms with Crippen LogP contribution >= 0.6 is 0 Å². The van der Waals surface area contributed by atoms with Gasteiger partial charge in [-0.25, -0.2) is 4.39 Å². The Morgan fingerprint density at radius 3 is 2.38 bits per heavy atom. The maximum absolute atomic E-state index is 14.7. The van der Waals surface area contributed by atoms with Gasteiger partial charge in [0.05, 0.1) is 0 Å². The minimum absolute atomic E-state index is 0.0787. The topological polar surface area (TPSA) is 78.4 Å². The summed E-state index contributed by atoms with van der Waals surface area (Å²) in [6, 6.07) is 16.5. The van der Waals surface area contributed by atoms with Crippen LogP contribution in [0.1, 0.15) is 53.9 Å². The van der Waals surface area contributed by atoms with Crippen molar-refractivity contribution in [2.24, 2.45) is 0 Å². The van der Waals surface area contributed by atoms with Crippen molar-refractivity contribution in [2.45, 2.75) is 39.8 Å². The molecule has 0 aliphatic carbocycles. The normalized spacial score (nSPS) is 11.8. The zero-order valence-electron chi connectivity index (χ0n) is 18.6. The number of aliphatic hydroxyl groups is 1. The molecule has 0 aliphatic heterocycles. The molecule has 1 unspecified atom stereocenters. The predicted molar refractivity (Wildman–Crippen MR) is 124 cm³/mol. The maximum atomic E-state index is 14.7. The summed E-state index contributed by atoms with van der Waals surface area (Å²) in [5, 5.41) is 16.6. The molecule has 32 heavy (non-hydrogen) atoms. The largest absolute Gasteiger partial charge is 0.384 e. The molecular weight excluding hydrogens is 407 g/mol. The van der Waals surface area contributed by atoms with Crippen LogP contribution in [0.5, 0.6) is 0 Å². The van der Waals surface area contributed by atoms with E-state index in [2.05, 4.69) is 10.6 Å². The van der Waals surface area contributed by atoms with E-state index in [1.54, 1.807) is 61.5 Å². The Balaban J connectivity index is 2.10. The van der Waals surface area contributed by atoms with Crippen molar-refractivity contribution in [3.05, 3.63) is 88.7 Å². The average molecular weight is 435 g/mol. The standard InChI is InChI=1S/C26H27FN2O3/c1-15(2)28-26(32)21-12-19(23-9-8-16(3)10-24(23)27)11-20(13-21)25(31)18-6-5-7-22(14-18)29-17(4)30/h5-15,25,31H,1-4H3,(H,28,32)(H,29,30). The second-order valence-electron chi connectivity index (χ2n) is 8.16. The van der Waals surface area contributed by atoms with Crippen LogP contribution in [0.25, 0.3) is 11.1 Å². The number of benzene rings is 3. The zero-order chi connectivity index (χ0) is 23.4. The smallest absolute Gasteiger partial charge is 0.251 e. The van der Waals surface area contributed by atoms with Crippen molar-refractivity contribution < 1.29 is 19.1 Å². The van der Waals surface area contributed by atoms with E-state index in [4.69, 9.17) is 0 Å². The van der Waals surface area contributed by atoms with Gasteiger partial charge in [-0.1, -0.05) is 24.3 Å². The molecule has 0 heterocycles. The zero-order valence-corrected chi connectivity index (χ0v) is 18.6. The molecule has 0 bridgehead atoms. The summed E-state index contributed by atoms with van der Waals surface area (Å²) in [7, 11) is 0. The molecule has 166 valence electrons. The molecule has 1 atom stereocenters. The van der Waals surface area contributed by atoms with Crippen molar-refractivity contribution in [3.8, 4) is 11.1 Å². The number of anilines is 1. The third kappa shape index (κ3) is 5.59. The lowest BCUT2D eigenvalue weighted by Gasteiger charge is -2.17. The number of hydrogen-bond acceptors (Lipinski definition) is 3. The quantitative estimate of drug-likeness (QED) is 0.512. The van der Waals surface area contributed by atoms with Crippen molar-refractivity contribution in [3.63, 3.8) is 0 Å². The van der Waals surface area contributed by atoms with Gasteiger partial charge in [0.1, 0.15) is 11.9 Å². The first-order chi connectivity index (χ1) is 15.1. The molecule has 2 amide bonds. The molecule has 0 spiro atoms. The molecule has 5 nitrogen and oxygen atoms in total. The van der Waals surface area contributed by atoms with E-state index in [-0.39, 0.29) is 17.9 Å². The van der Waals surface area contributed by atoms with E-state index in [9.17, 15) is 19.1 Å². The van der Waals surface area contributed by atoms with Crippen molar-refractivity contribution in [2.75, 3.05) is 5.32 Å². The van der Waals surface area contributed by atoms with Gasteiger partial charge in [0.2, 0.25) is 5.91 Å². The average Bonchev–Trinajstić information content (AvgIpc) is 2.72. The minimum atomic E-state index is -1.08. The Kier molecular flexibility index (Phi) is 7.05. The molecule has 0 fully saturated rings. The maximum Gasteiger partial charge on any atom is 0.251 e. The summed E-state index contributed by atoms with van der Waals surface area (Å²) in [5.74, 6) is -0.935. The van der Waals surface area contributed by atoms with E-state index in [0.29, 0.717) is 33.5 Å². The van der Waals surface area contributed by atoms with Crippen LogP contribution in [0.2, 0.25) is 0 Å². The Hall–Kier alpha value is -3.51. The number of carbonyl (C=O) groups is 2. The molecule has 0 saturated carbocycles. The first-order valence-electron chi connectivity index (χ1n) is 10.4. The number of amides is 2. The Bertz CT molecular complexity index is 1160. The van der Waals surface area contributed by atoms with Gasteiger partial charge < -0.3 is 15.7 Å². The number of rotatable bonds is 6. The van der Waals surface area contributed by atoms with Gasteiger partial charge in [-0.15, -0.1) is 0 Å². The van der Waals surface area contributed by atoms with E-state index < -0.39 is 11.9 Å². The fourth-order valence-electron chi connectivity index (χ4n) is 3.48. The first kappa shape index (κ1) is 23.2. The number of carbonyl (C=O) groups excluding carboxylic acids is 2. The summed E-state index contributed by atoms with van der Waals surface area (Å²) in [4.78, 5) is 24.1. The van der Waals surface area contributed by atoms with Gasteiger partial charge in [-0.05, 0) is 79.4 Å². The highest BCUT2D eigenvalue weighted by molar-refractivity contribution is 5.96. The van der Waals surface area contributed by atoms with Gasteiger partial charge in [-0.3, -0.25) is 9.59 Å². The van der Waals surface area contributed by atoms with E-state index >= 15 is 0 Å². The molecule has 0 aliphatic rings. The van der Waals surface area contributed by atoms with Crippen molar-refractivity contribution in [1.82, 2.24) is 5.32 Å². The van der Waals surface area contributed by atoms with Crippen LogP contribution in [-0.4, -0.2) is 23.0 Å². The highest BCUT2D eigenvalue weighted by Gasteiger charge is 2.18. The van der Waals surface area contributed by atoms with Gasteiger partial charge in [0.25, 0.3) is 5.91 Å². The van der Waals surface area contributed by atoms with Gasteiger partial charge in [0, 0.05) is 29.8 Å². The van der Waals surface area contributed by atoms with Crippen molar-refractivity contribution in [1.29, 1.82) is 0 Å². The lowest BCUT2D eigenvalue weighted by molar-refractivity contribution is -0.114. The molecule has 3 aromatic carbocycles. The number of hydrogen-bond donors (Lipinski definition) is 3. The number of aliphatic hydroxyl groups excluding tert-OH is 1. The van der Waals surface area contributed by atoms with Gasteiger partial charge >= 0.3 is 0 Å². The first-order valence-corrected chi connectivity index (χ1v) is 10.4. The summed E-state index contributed by atoms with van der Waals surface area (Å²) in [6.45, 7) is 6.91. The Morgan fingerprint density at radius 2 is 1.72 bits per heavy atom. The minimum Gasteiger partial charge on any atom is -0.384 e. The molecule has 6 heteroatoms. The SMILES string of the molecule is CC(=O)Nc1cccc(C(O)c2cc(C(=O)NC(C)C)cc(-c3ccc(C)cc3F)c2)c1. The fourth-order valence-corrected chi connectivity index (χ4v) is 3.48. The summed E-state index contributed by atoms with van der Waals surface area (Å²) in [5.41, 5.74) is 3.47. The third-order valence-electron chi connectivity index (χ3n) is 4.91. The Labute approximate surface area is 187 Å². The second kappa shape index (κ2) is 9.75. The lowest BCUT2D eigenvalue weighted by atomic mass is 9.93. The predicted octanol–water partition coefficient (Wildman–Crippen LogP) is 4.98. The van der Waals surface area contributed by atoms with Crippen LogP contribution in [0.15, 0.2) is 60.7 Å². The van der Waals surface area contributed by atoms with E-state index in [0.717, 1.165) is 5.56 Å². The molecule has 0 aromatic heterocycles. The highest BCUT2D eigenvalue weighted by Crippen LogP contribution is 2.31. The van der Waals surface area contributed by atoms with E-state index in [1.807, 2.05) is 13.8 Å². The lowest BCUT2D eigenvalue weighted by Crippen LogP contribution is -2.30. The summed E-state index contributed by atoms with van der Waals surface area (Å²) in [6.07, 6.45) is -1.08. The van der Waals surface area contributed by atoms with Crippen LogP contribution < -0.4 is 10.6 Å². The number of nitrogens with one attached hydrogen (secondary N) is 2. The van der Waals surface area contributed by atoms with E-state index in [1.165, 1.54) is 13.0 Å². The van der Waals surface area contributed by atoms with Crippen LogP contribution in [0.4, 0.5) is 10.1 Å². The molecular formula is C26H27FN2O3. The van der Waals surface area contributed by atoms with Crippen LogP contribution in [0, 0.1) is 12.7 Å². The van der Waals surface area contributed by atoms with Crippen molar-refractivity contribution >= 4 is 17.5 Å². The van der Waals surface area contributed by atoms with Gasteiger partial charge in [-0.2, -0.15) is 0 Å². The summed E-state index contributed by atoms with van der Waals surface area (Å²) >= 11 is 0. The van der Waals surface area contributed by atoms with Gasteiger partial charge in [0.15, 0.2) is 0 Å². The molecule has 3 aromatic rings. The summed E-state index contributed by atoms with van der Waals surface area (Å²) < 4.78 is 14.7. The van der Waals surface area contributed by atoms with Crippen LogP contribution in [0.3, 0.4) is 0 Å². The third-order valence-corrected chi connectivity index (χ3v) is 4.91. The highest BCUT2D eigenvalue weighted by atomic mass is 19.1. The fraction of sp³-hybridized carbons (Fsp3) is 0.231. The Morgan fingerprint density at radius 1 is 0.969 bits per heavy atom. The second-order valence-corrected chi connectivity index (χ2v) is 8.16. The number of halogens is 1. The molecule has 0 saturated heterocycles. The number of aryl methyl sites for hydroxylation is 1.